The summed E-state index contributed by atoms with van der Waals surface area (Å²) in [6.07, 6.45) is 4.85. The summed E-state index contributed by atoms with van der Waals surface area (Å²) >= 11 is 0. The van der Waals surface area contributed by atoms with Crippen LogP contribution in [0.1, 0.15) is 19.3 Å². The number of nitrogens with two attached hydrogens (primary N) is 1. The van der Waals surface area contributed by atoms with Crippen LogP contribution in [0.3, 0.4) is 0 Å². The maximum Gasteiger partial charge on any atom is 0.273 e. The van der Waals surface area contributed by atoms with Gasteiger partial charge in [0.2, 0.25) is 0 Å². The Hall–Kier alpha value is -2.34. The molecule has 0 amide bonds. The number of anilines is 1. The highest BCUT2D eigenvalue weighted by Gasteiger charge is 2.16. The van der Waals surface area contributed by atoms with Gasteiger partial charge in [-0.05, 0) is 43.5 Å². The lowest BCUT2D eigenvalue weighted by Crippen LogP contribution is -2.26. The Labute approximate surface area is 139 Å². The van der Waals surface area contributed by atoms with Crippen molar-refractivity contribution in [3.05, 3.63) is 46.6 Å². The molecule has 0 saturated carbocycles. The predicted molar refractivity (Wildman–Crippen MR) is 90.6 cm³/mol. The van der Waals surface area contributed by atoms with E-state index in [2.05, 4.69) is 0 Å². The number of hydrogen-bond acceptors (Lipinski definition) is 4. The molecule has 1 fully saturated rings. The zero-order valence-electron chi connectivity index (χ0n) is 13.6. The van der Waals surface area contributed by atoms with Gasteiger partial charge < -0.3 is 19.8 Å². The van der Waals surface area contributed by atoms with Crippen molar-refractivity contribution in [3.8, 4) is 16.9 Å². The number of halogens is 1. The first kappa shape index (κ1) is 16.5. The van der Waals surface area contributed by atoms with Gasteiger partial charge in [-0.15, -0.1) is 0 Å². The van der Waals surface area contributed by atoms with E-state index in [1.54, 1.807) is 25.4 Å². The number of hydrogen-bond donors (Lipinski definition) is 1. The van der Waals surface area contributed by atoms with E-state index in [0.29, 0.717) is 23.5 Å². The second-order valence-electron chi connectivity index (χ2n) is 6.04. The number of benzene rings is 1. The summed E-state index contributed by atoms with van der Waals surface area (Å²) in [5.41, 5.74) is 6.77. The lowest BCUT2D eigenvalue weighted by atomic mass is 10.1. The van der Waals surface area contributed by atoms with Gasteiger partial charge in [0.1, 0.15) is 18.2 Å². The van der Waals surface area contributed by atoms with Crippen molar-refractivity contribution in [1.82, 2.24) is 4.57 Å². The van der Waals surface area contributed by atoms with Crippen molar-refractivity contribution in [3.63, 3.8) is 0 Å². The third-order valence-corrected chi connectivity index (χ3v) is 4.16. The molecular formula is C18H21FN2O3. The monoisotopic (exact) mass is 332 g/mol. The van der Waals surface area contributed by atoms with Gasteiger partial charge in [0.05, 0.1) is 11.8 Å². The van der Waals surface area contributed by atoms with Crippen LogP contribution in [0, 0.1) is 5.82 Å². The lowest BCUT2D eigenvalue weighted by Gasteiger charge is -2.23. The molecule has 1 atom stereocenters. The van der Waals surface area contributed by atoms with Crippen molar-refractivity contribution in [1.29, 1.82) is 0 Å². The van der Waals surface area contributed by atoms with Crippen molar-refractivity contribution >= 4 is 5.69 Å². The van der Waals surface area contributed by atoms with Crippen LogP contribution in [0.5, 0.6) is 5.75 Å². The molecule has 0 spiro atoms. The van der Waals surface area contributed by atoms with E-state index in [1.807, 2.05) is 0 Å². The minimum Gasteiger partial charge on any atom is -0.490 e. The summed E-state index contributed by atoms with van der Waals surface area (Å²) in [4.78, 5) is 11.8. The topological polar surface area (TPSA) is 66.5 Å². The summed E-state index contributed by atoms with van der Waals surface area (Å²) in [5.74, 6) is 0.169. The van der Waals surface area contributed by atoms with E-state index in [9.17, 15) is 9.18 Å². The van der Waals surface area contributed by atoms with Crippen LogP contribution >= 0.6 is 0 Å². The zero-order valence-corrected chi connectivity index (χ0v) is 13.6. The van der Waals surface area contributed by atoms with Gasteiger partial charge in [-0.1, -0.05) is 0 Å². The molecule has 1 unspecified atom stereocenters. The van der Waals surface area contributed by atoms with Crippen LogP contribution in [0.2, 0.25) is 0 Å². The van der Waals surface area contributed by atoms with Crippen LogP contribution in [-0.4, -0.2) is 23.9 Å². The van der Waals surface area contributed by atoms with Crippen molar-refractivity contribution in [2.75, 3.05) is 18.9 Å². The molecule has 1 saturated heterocycles. The van der Waals surface area contributed by atoms with Crippen molar-refractivity contribution in [2.45, 2.75) is 25.4 Å². The molecule has 2 N–H and O–H groups in total. The molecule has 1 aromatic heterocycles. The predicted octanol–water partition coefficient (Wildman–Crippen LogP) is 2.72. The number of aryl methyl sites for hydroxylation is 1. The molecule has 128 valence electrons. The van der Waals surface area contributed by atoms with Gasteiger partial charge in [0.15, 0.2) is 0 Å². The second-order valence-corrected chi connectivity index (χ2v) is 6.04. The number of nitrogens with zero attached hydrogens (tertiary/aromatic N) is 1. The SMILES string of the molecule is Cn1cc(-c2cc(F)ccc2OCC2CCCCO2)cc(N)c1=O. The third kappa shape index (κ3) is 3.59. The molecule has 24 heavy (non-hydrogen) atoms. The third-order valence-electron chi connectivity index (χ3n) is 4.16. The zero-order chi connectivity index (χ0) is 17.1. The number of pyridine rings is 1. The Morgan fingerprint density at radius 3 is 2.92 bits per heavy atom. The Bertz CT molecular complexity index is 756. The van der Waals surface area contributed by atoms with E-state index in [4.69, 9.17) is 15.2 Å². The molecule has 1 aliphatic heterocycles. The molecule has 2 aromatic rings. The molecule has 3 rings (SSSR count). The first-order chi connectivity index (χ1) is 11.5. The minimum atomic E-state index is -0.376. The molecule has 0 radical (unpaired) electrons. The van der Waals surface area contributed by atoms with Gasteiger partial charge >= 0.3 is 0 Å². The molecule has 5 nitrogen and oxygen atoms in total. The van der Waals surface area contributed by atoms with Crippen LogP contribution < -0.4 is 16.0 Å². The Balaban J connectivity index is 1.89. The number of nitrogen functional groups attached to an aromatic ring is 1. The smallest absolute Gasteiger partial charge is 0.273 e. The van der Waals surface area contributed by atoms with Gasteiger partial charge in [0, 0.05) is 31.0 Å². The second kappa shape index (κ2) is 7.05. The van der Waals surface area contributed by atoms with Crippen LogP contribution in [-0.2, 0) is 11.8 Å². The quantitative estimate of drug-likeness (QED) is 0.935. The summed E-state index contributed by atoms with van der Waals surface area (Å²) in [6.45, 7) is 1.17. The Kier molecular flexibility index (Phi) is 4.85. The van der Waals surface area contributed by atoms with Crippen molar-refractivity contribution in [2.24, 2.45) is 7.05 Å². The van der Waals surface area contributed by atoms with Gasteiger partial charge in [-0.2, -0.15) is 0 Å². The normalized spacial score (nSPS) is 17.7. The fourth-order valence-electron chi connectivity index (χ4n) is 2.86. The molecule has 0 bridgehead atoms. The summed E-state index contributed by atoms with van der Waals surface area (Å²) in [7, 11) is 1.61. The maximum absolute atomic E-state index is 13.7. The van der Waals surface area contributed by atoms with E-state index < -0.39 is 0 Å². The fourth-order valence-corrected chi connectivity index (χ4v) is 2.86. The van der Waals surface area contributed by atoms with E-state index >= 15 is 0 Å². The average molecular weight is 332 g/mol. The molecule has 6 heteroatoms. The number of ether oxygens (including phenoxy) is 2. The molecule has 0 aliphatic carbocycles. The molecule has 1 aromatic carbocycles. The molecular weight excluding hydrogens is 311 g/mol. The van der Waals surface area contributed by atoms with E-state index in [-0.39, 0.29) is 23.2 Å². The van der Waals surface area contributed by atoms with Gasteiger partial charge in [0.25, 0.3) is 5.56 Å². The minimum absolute atomic E-state index is 0.0573. The average Bonchev–Trinajstić information content (AvgIpc) is 2.59. The lowest BCUT2D eigenvalue weighted by molar-refractivity contribution is -0.0109. The van der Waals surface area contributed by atoms with E-state index in [0.717, 1.165) is 25.9 Å². The highest BCUT2D eigenvalue weighted by Crippen LogP contribution is 2.31. The van der Waals surface area contributed by atoms with Crippen LogP contribution in [0.15, 0.2) is 35.3 Å². The number of rotatable bonds is 4. The summed E-state index contributed by atoms with van der Waals surface area (Å²) < 4.78 is 26.6. The van der Waals surface area contributed by atoms with Crippen molar-refractivity contribution < 1.29 is 13.9 Å². The molecule has 1 aliphatic rings. The maximum atomic E-state index is 13.7. The van der Waals surface area contributed by atoms with Gasteiger partial charge in [-0.25, -0.2) is 4.39 Å². The summed E-state index contributed by atoms with van der Waals surface area (Å²) in [6, 6.07) is 5.87. The van der Waals surface area contributed by atoms with Gasteiger partial charge in [-0.3, -0.25) is 4.79 Å². The fraction of sp³-hybridized carbons (Fsp3) is 0.389. The van der Waals surface area contributed by atoms with Crippen LogP contribution in [0.4, 0.5) is 10.1 Å². The number of aromatic nitrogens is 1. The summed E-state index contributed by atoms with van der Waals surface area (Å²) in [5, 5.41) is 0. The Morgan fingerprint density at radius 1 is 1.38 bits per heavy atom. The highest BCUT2D eigenvalue weighted by atomic mass is 19.1. The standard InChI is InChI=1S/C18H21FN2O3/c1-21-10-12(8-16(20)18(21)22)15-9-13(19)5-6-17(15)24-11-14-4-2-3-7-23-14/h5-6,8-10,14H,2-4,7,11,20H2,1H3. The first-order valence-corrected chi connectivity index (χ1v) is 8.05. The van der Waals surface area contributed by atoms with Crippen LogP contribution in [0.25, 0.3) is 11.1 Å². The highest BCUT2D eigenvalue weighted by molar-refractivity contribution is 5.72. The Morgan fingerprint density at radius 2 is 2.21 bits per heavy atom. The molecule has 2 heterocycles. The largest absolute Gasteiger partial charge is 0.490 e. The first-order valence-electron chi connectivity index (χ1n) is 8.05. The van der Waals surface area contributed by atoms with E-state index in [1.165, 1.54) is 16.7 Å².